The lowest BCUT2D eigenvalue weighted by atomic mass is 10.3. The molecular formula is C16H17ClN2O7S2. The molecule has 0 unspecified atom stereocenters. The van der Waals surface area contributed by atoms with Crippen LogP contribution in [-0.4, -0.2) is 28.6 Å². The van der Waals surface area contributed by atoms with Crippen LogP contribution < -0.4 is 10.6 Å². The van der Waals surface area contributed by atoms with Crippen molar-refractivity contribution >= 4 is 55.8 Å². The summed E-state index contributed by atoms with van der Waals surface area (Å²) in [6.45, 7) is 2.34. The van der Waals surface area contributed by atoms with Gasteiger partial charge in [0.05, 0.1) is 11.4 Å². The molecule has 2 amide bonds. The Kier molecular flexibility index (Phi) is 7.70. The van der Waals surface area contributed by atoms with Gasteiger partial charge in [0.1, 0.15) is 9.79 Å². The maximum Gasteiger partial charge on any atom is 0.313 e. The molecule has 0 atom stereocenters. The van der Waals surface area contributed by atoms with Gasteiger partial charge in [-0.25, -0.2) is 0 Å². The predicted molar refractivity (Wildman–Crippen MR) is 104 cm³/mol. The van der Waals surface area contributed by atoms with Crippen LogP contribution in [0.1, 0.15) is 13.8 Å². The lowest BCUT2D eigenvalue weighted by Gasteiger charge is -2.13. The molecule has 28 heavy (non-hydrogen) atoms. The van der Waals surface area contributed by atoms with Crippen molar-refractivity contribution in [1.29, 1.82) is 0 Å². The highest BCUT2D eigenvalue weighted by Gasteiger charge is 2.30. The fraction of sp³-hybridized carbons (Fsp3) is 0.125. The summed E-state index contributed by atoms with van der Waals surface area (Å²) in [6.07, 6.45) is 0. The number of carbonyl (C=O) groups excluding carboxylic acids is 2. The first-order valence-electron chi connectivity index (χ1n) is 7.47. The molecule has 2 rings (SSSR count). The van der Waals surface area contributed by atoms with E-state index in [1.165, 1.54) is 50.2 Å². The number of anilines is 2. The summed E-state index contributed by atoms with van der Waals surface area (Å²) >= 11 is 0. The van der Waals surface area contributed by atoms with Gasteiger partial charge in [-0.05, 0) is 24.3 Å². The van der Waals surface area contributed by atoms with E-state index in [4.69, 9.17) is 0 Å². The van der Waals surface area contributed by atoms with Crippen LogP contribution in [0.4, 0.5) is 11.4 Å². The standard InChI is InChI=1S/C16H16N2O7S2.ClH/c1-11(19)17-13-7-3-5-9-15(13)26(21,22)25-27(23,24)16-10-6-4-8-14(16)18-12(2)20;/h3-10H,1-2H3,(H,17,19)(H,18,20);1H. The van der Waals surface area contributed by atoms with E-state index < -0.39 is 41.8 Å². The monoisotopic (exact) mass is 448 g/mol. The number of benzene rings is 2. The van der Waals surface area contributed by atoms with Gasteiger partial charge in [-0.2, -0.15) is 16.8 Å². The van der Waals surface area contributed by atoms with Crippen molar-refractivity contribution in [2.24, 2.45) is 0 Å². The Hall–Kier alpha value is -2.47. The number of hydrogen-bond acceptors (Lipinski definition) is 7. The number of hydrogen-bond donors (Lipinski definition) is 2. The van der Waals surface area contributed by atoms with Crippen molar-refractivity contribution in [3.8, 4) is 0 Å². The summed E-state index contributed by atoms with van der Waals surface area (Å²) in [5.74, 6) is -1.09. The average Bonchev–Trinajstić information content (AvgIpc) is 2.53. The lowest BCUT2D eigenvalue weighted by Crippen LogP contribution is -2.18. The molecule has 0 aromatic heterocycles. The summed E-state index contributed by atoms with van der Waals surface area (Å²) in [4.78, 5) is 21.4. The van der Waals surface area contributed by atoms with Gasteiger partial charge in [-0.15, -0.1) is 16.0 Å². The zero-order valence-electron chi connectivity index (χ0n) is 14.7. The Morgan fingerprint density at radius 3 is 1.36 bits per heavy atom. The maximum absolute atomic E-state index is 12.5. The van der Waals surface area contributed by atoms with Crippen LogP contribution >= 0.6 is 12.4 Å². The summed E-state index contributed by atoms with van der Waals surface area (Å²) in [5, 5.41) is 4.59. The second kappa shape index (κ2) is 9.15. The van der Waals surface area contributed by atoms with E-state index in [1.807, 2.05) is 0 Å². The molecule has 0 aliphatic rings. The van der Waals surface area contributed by atoms with Crippen molar-refractivity contribution in [2.75, 3.05) is 10.6 Å². The van der Waals surface area contributed by atoms with Gasteiger partial charge in [0.2, 0.25) is 11.8 Å². The Bertz CT molecular complexity index is 1010. The molecule has 0 fully saturated rings. The smallest absolute Gasteiger partial charge is 0.313 e. The fourth-order valence-electron chi connectivity index (χ4n) is 2.15. The van der Waals surface area contributed by atoms with E-state index in [0.717, 1.165) is 12.1 Å². The lowest BCUT2D eigenvalue weighted by molar-refractivity contribution is -0.115. The molecule has 9 nitrogen and oxygen atoms in total. The van der Waals surface area contributed by atoms with Crippen LogP contribution in [0.5, 0.6) is 0 Å². The van der Waals surface area contributed by atoms with E-state index in [0.29, 0.717) is 0 Å². The van der Waals surface area contributed by atoms with E-state index in [-0.39, 0.29) is 23.8 Å². The van der Waals surface area contributed by atoms with Crippen LogP contribution in [0.3, 0.4) is 0 Å². The molecule has 2 N–H and O–H groups in total. The number of amides is 2. The van der Waals surface area contributed by atoms with E-state index in [1.54, 1.807) is 0 Å². The number of rotatable bonds is 6. The largest absolute Gasteiger partial charge is 0.325 e. The minimum Gasteiger partial charge on any atom is -0.325 e. The number of para-hydroxylation sites is 2. The van der Waals surface area contributed by atoms with Gasteiger partial charge in [0.25, 0.3) is 0 Å². The number of nitrogens with one attached hydrogen (secondary N) is 2. The first-order chi connectivity index (χ1) is 12.5. The highest BCUT2D eigenvalue weighted by molar-refractivity contribution is 8.00. The maximum atomic E-state index is 12.5. The van der Waals surface area contributed by atoms with Gasteiger partial charge in [0, 0.05) is 13.8 Å². The quantitative estimate of drug-likeness (QED) is 0.690. The third kappa shape index (κ3) is 5.76. The van der Waals surface area contributed by atoms with Gasteiger partial charge in [-0.3, -0.25) is 9.59 Å². The van der Waals surface area contributed by atoms with Crippen LogP contribution in [0, 0.1) is 0 Å². The van der Waals surface area contributed by atoms with Crippen molar-refractivity contribution < 1.29 is 30.1 Å². The average molecular weight is 449 g/mol. The molecular weight excluding hydrogens is 432 g/mol. The molecule has 0 aliphatic carbocycles. The predicted octanol–water partition coefficient (Wildman–Crippen LogP) is 2.12. The Morgan fingerprint density at radius 2 is 1.04 bits per heavy atom. The third-order valence-electron chi connectivity index (χ3n) is 3.11. The summed E-state index contributed by atoms with van der Waals surface area (Å²) in [5.41, 5.74) is -0.259. The molecule has 0 heterocycles. The first-order valence-corrected chi connectivity index (χ1v) is 10.3. The fourth-order valence-corrected chi connectivity index (χ4v) is 4.94. The molecule has 0 aliphatic heterocycles. The third-order valence-corrected chi connectivity index (χ3v) is 6.34. The summed E-state index contributed by atoms with van der Waals surface area (Å²) in [6, 6.07) is 10.4. The zero-order valence-corrected chi connectivity index (χ0v) is 17.2. The van der Waals surface area contributed by atoms with Crippen molar-refractivity contribution in [3.05, 3.63) is 48.5 Å². The normalized spacial score (nSPS) is 11.2. The number of halogens is 1. The molecule has 12 heteroatoms. The van der Waals surface area contributed by atoms with Crippen LogP contribution in [0.25, 0.3) is 0 Å². The molecule has 0 radical (unpaired) electrons. The molecule has 0 saturated heterocycles. The van der Waals surface area contributed by atoms with Crippen LogP contribution in [-0.2, 0) is 33.5 Å². The van der Waals surface area contributed by atoms with E-state index >= 15 is 0 Å². The van der Waals surface area contributed by atoms with Gasteiger partial charge < -0.3 is 10.6 Å². The molecule has 0 bridgehead atoms. The SMILES string of the molecule is CC(=O)Nc1ccccc1S(=O)(=O)OS(=O)(=O)c1ccccc1NC(C)=O.Cl. The summed E-state index contributed by atoms with van der Waals surface area (Å²) in [7, 11) is -9.61. The zero-order chi connectivity index (χ0) is 20.2. The molecule has 2 aromatic rings. The van der Waals surface area contributed by atoms with Gasteiger partial charge >= 0.3 is 20.2 Å². The Labute approximate surface area is 168 Å². The van der Waals surface area contributed by atoms with Crippen molar-refractivity contribution in [1.82, 2.24) is 0 Å². The molecule has 2 aromatic carbocycles. The summed E-state index contributed by atoms with van der Waals surface area (Å²) < 4.78 is 54.6. The second-order valence-corrected chi connectivity index (χ2v) is 8.57. The molecule has 0 spiro atoms. The van der Waals surface area contributed by atoms with Crippen LogP contribution in [0.15, 0.2) is 58.3 Å². The Balaban J connectivity index is 0.00000392. The van der Waals surface area contributed by atoms with Gasteiger partial charge in [-0.1, -0.05) is 24.3 Å². The second-order valence-electron chi connectivity index (χ2n) is 5.33. The number of carbonyl (C=O) groups is 2. The Morgan fingerprint density at radius 1 is 0.714 bits per heavy atom. The molecule has 0 saturated carbocycles. The van der Waals surface area contributed by atoms with Gasteiger partial charge in [0.15, 0.2) is 0 Å². The van der Waals surface area contributed by atoms with Crippen LogP contribution in [0.2, 0.25) is 0 Å². The topological polar surface area (TPSA) is 136 Å². The van der Waals surface area contributed by atoms with E-state index in [9.17, 15) is 26.4 Å². The highest BCUT2D eigenvalue weighted by Crippen LogP contribution is 2.29. The van der Waals surface area contributed by atoms with Crippen molar-refractivity contribution in [2.45, 2.75) is 23.6 Å². The first kappa shape index (κ1) is 23.6. The molecule has 152 valence electrons. The minimum absolute atomic E-state index is 0. The van der Waals surface area contributed by atoms with E-state index in [2.05, 4.69) is 14.3 Å². The van der Waals surface area contributed by atoms with Crippen molar-refractivity contribution in [3.63, 3.8) is 0 Å². The highest BCUT2D eigenvalue weighted by atomic mass is 35.5. The minimum atomic E-state index is -4.80.